The number of hydrogen-bond acceptors (Lipinski definition) is 4. The lowest BCUT2D eigenvalue weighted by atomic mass is 10.2. The van der Waals surface area contributed by atoms with Crippen LogP contribution < -0.4 is 5.73 Å². The summed E-state index contributed by atoms with van der Waals surface area (Å²) in [5, 5.41) is 0.580. The largest absolute Gasteiger partial charge is 0.364 e. The lowest BCUT2D eigenvalue weighted by Crippen LogP contribution is -2.16. The van der Waals surface area contributed by atoms with Gasteiger partial charge in [-0.25, -0.2) is 9.97 Å². The number of aryl methyl sites for hydroxylation is 1. The van der Waals surface area contributed by atoms with Crippen molar-refractivity contribution in [1.82, 2.24) is 9.97 Å². The molecule has 1 amide bonds. The van der Waals surface area contributed by atoms with Gasteiger partial charge in [0, 0.05) is 11.3 Å². The molecule has 0 aliphatic rings. The van der Waals surface area contributed by atoms with Gasteiger partial charge in [0.1, 0.15) is 5.69 Å². The standard InChI is InChI=1S/C8H11N3OS/c1-4-5(2)10-8(13-3)11-6(4)7(9)12/h1-3H3,(H2,9,12). The second-order valence-electron chi connectivity index (χ2n) is 2.63. The lowest BCUT2D eigenvalue weighted by Gasteiger charge is -2.05. The molecule has 0 radical (unpaired) electrons. The zero-order valence-corrected chi connectivity index (χ0v) is 8.60. The molecule has 0 unspecified atom stereocenters. The number of thioether (sulfide) groups is 1. The van der Waals surface area contributed by atoms with Gasteiger partial charge in [0.15, 0.2) is 5.16 Å². The van der Waals surface area contributed by atoms with Crippen LogP contribution >= 0.6 is 11.8 Å². The molecule has 0 fully saturated rings. The maximum Gasteiger partial charge on any atom is 0.267 e. The summed E-state index contributed by atoms with van der Waals surface area (Å²) in [5.74, 6) is -0.502. The van der Waals surface area contributed by atoms with Crippen LogP contribution in [0.2, 0.25) is 0 Å². The smallest absolute Gasteiger partial charge is 0.267 e. The number of carbonyl (C=O) groups is 1. The van der Waals surface area contributed by atoms with Crippen LogP contribution in [0.5, 0.6) is 0 Å². The summed E-state index contributed by atoms with van der Waals surface area (Å²) in [6.07, 6.45) is 1.86. The maximum atomic E-state index is 11.0. The number of hydrogen-bond donors (Lipinski definition) is 1. The van der Waals surface area contributed by atoms with Gasteiger partial charge < -0.3 is 5.73 Å². The Morgan fingerprint density at radius 1 is 1.38 bits per heavy atom. The Morgan fingerprint density at radius 3 is 2.46 bits per heavy atom. The van der Waals surface area contributed by atoms with Gasteiger partial charge in [0.2, 0.25) is 0 Å². The monoisotopic (exact) mass is 197 g/mol. The van der Waals surface area contributed by atoms with E-state index in [1.165, 1.54) is 11.8 Å². The van der Waals surface area contributed by atoms with E-state index in [0.717, 1.165) is 11.3 Å². The first-order valence-electron chi connectivity index (χ1n) is 3.75. The average Bonchev–Trinajstić information content (AvgIpc) is 2.09. The SMILES string of the molecule is CSc1nc(C)c(C)c(C(N)=O)n1. The molecule has 0 atom stereocenters. The van der Waals surface area contributed by atoms with Crippen molar-refractivity contribution in [2.75, 3.05) is 6.26 Å². The predicted molar refractivity (Wildman–Crippen MR) is 51.8 cm³/mol. The zero-order valence-electron chi connectivity index (χ0n) is 7.79. The second kappa shape index (κ2) is 3.74. The quantitative estimate of drug-likeness (QED) is 0.565. The Kier molecular flexibility index (Phi) is 2.87. The molecule has 0 saturated heterocycles. The third-order valence-electron chi connectivity index (χ3n) is 1.78. The molecule has 0 saturated carbocycles. The fourth-order valence-electron chi connectivity index (χ4n) is 0.934. The molecule has 13 heavy (non-hydrogen) atoms. The summed E-state index contributed by atoms with van der Waals surface area (Å²) in [4.78, 5) is 19.2. The zero-order chi connectivity index (χ0) is 10.0. The third-order valence-corrected chi connectivity index (χ3v) is 2.33. The molecule has 1 aromatic heterocycles. The predicted octanol–water partition coefficient (Wildman–Crippen LogP) is 0.914. The van der Waals surface area contributed by atoms with Gasteiger partial charge >= 0.3 is 0 Å². The minimum absolute atomic E-state index is 0.317. The molecule has 4 nitrogen and oxygen atoms in total. The van der Waals surface area contributed by atoms with Crippen molar-refractivity contribution >= 4 is 17.7 Å². The van der Waals surface area contributed by atoms with Crippen LogP contribution in [0.15, 0.2) is 5.16 Å². The van der Waals surface area contributed by atoms with E-state index in [0.29, 0.717) is 10.9 Å². The van der Waals surface area contributed by atoms with Crippen molar-refractivity contribution in [3.63, 3.8) is 0 Å². The molecule has 0 spiro atoms. The van der Waals surface area contributed by atoms with Gasteiger partial charge in [-0.1, -0.05) is 11.8 Å². The van der Waals surface area contributed by atoms with E-state index in [1.54, 1.807) is 6.92 Å². The fourth-order valence-corrected chi connectivity index (χ4v) is 1.35. The number of amides is 1. The van der Waals surface area contributed by atoms with Crippen molar-refractivity contribution in [1.29, 1.82) is 0 Å². The Bertz CT molecular complexity index is 351. The molecule has 1 aromatic rings. The van der Waals surface area contributed by atoms with Crippen molar-refractivity contribution in [3.05, 3.63) is 17.0 Å². The van der Waals surface area contributed by atoms with E-state index >= 15 is 0 Å². The number of nitrogens with two attached hydrogens (primary N) is 1. The molecular formula is C8H11N3OS. The van der Waals surface area contributed by atoms with E-state index < -0.39 is 5.91 Å². The van der Waals surface area contributed by atoms with E-state index in [4.69, 9.17) is 5.73 Å². The van der Waals surface area contributed by atoms with Crippen molar-refractivity contribution < 1.29 is 4.79 Å². The van der Waals surface area contributed by atoms with Crippen LogP contribution in [-0.2, 0) is 0 Å². The highest BCUT2D eigenvalue weighted by Gasteiger charge is 2.11. The summed E-state index contributed by atoms with van der Waals surface area (Å²) < 4.78 is 0. The van der Waals surface area contributed by atoms with Crippen LogP contribution in [0.4, 0.5) is 0 Å². The highest BCUT2D eigenvalue weighted by molar-refractivity contribution is 7.98. The Balaban J connectivity index is 3.33. The minimum Gasteiger partial charge on any atom is -0.364 e. The van der Waals surface area contributed by atoms with Crippen molar-refractivity contribution in [2.24, 2.45) is 5.73 Å². The van der Waals surface area contributed by atoms with Crippen LogP contribution in [0.1, 0.15) is 21.7 Å². The van der Waals surface area contributed by atoms with Crippen molar-refractivity contribution in [2.45, 2.75) is 19.0 Å². The van der Waals surface area contributed by atoms with E-state index in [-0.39, 0.29) is 0 Å². The normalized spacial score (nSPS) is 10.1. The molecule has 2 N–H and O–H groups in total. The molecule has 0 aliphatic carbocycles. The van der Waals surface area contributed by atoms with Crippen LogP contribution in [0.25, 0.3) is 0 Å². The molecule has 0 aliphatic heterocycles. The summed E-state index contributed by atoms with van der Waals surface area (Å²) >= 11 is 1.39. The Morgan fingerprint density at radius 2 is 2.00 bits per heavy atom. The van der Waals surface area contributed by atoms with E-state index in [1.807, 2.05) is 13.2 Å². The molecule has 5 heteroatoms. The topological polar surface area (TPSA) is 68.9 Å². The first kappa shape index (κ1) is 9.98. The number of nitrogens with zero attached hydrogens (tertiary/aromatic N) is 2. The Hall–Kier alpha value is -1.10. The van der Waals surface area contributed by atoms with Gasteiger partial charge in [-0.2, -0.15) is 0 Å². The van der Waals surface area contributed by atoms with Crippen molar-refractivity contribution in [3.8, 4) is 0 Å². The summed E-state index contributed by atoms with van der Waals surface area (Å²) in [5.41, 5.74) is 7.04. The summed E-state index contributed by atoms with van der Waals surface area (Å²) in [7, 11) is 0. The summed E-state index contributed by atoms with van der Waals surface area (Å²) in [6.45, 7) is 3.63. The number of primary amides is 1. The first-order chi connectivity index (χ1) is 6.06. The first-order valence-corrected chi connectivity index (χ1v) is 4.97. The summed E-state index contributed by atoms with van der Waals surface area (Å²) in [6, 6.07) is 0. The maximum absolute atomic E-state index is 11.0. The van der Waals surface area contributed by atoms with Crippen LogP contribution in [0.3, 0.4) is 0 Å². The van der Waals surface area contributed by atoms with Gasteiger partial charge in [0.05, 0.1) is 0 Å². The third kappa shape index (κ3) is 1.98. The highest BCUT2D eigenvalue weighted by atomic mass is 32.2. The molecule has 1 heterocycles. The van der Waals surface area contributed by atoms with E-state index in [9.17, 15) is 4.79 Å². The molecule has 1 rings (SSSR count). The average molecular weight is 197 g/mol. The van der Waals surface area contributed by atoms with Crippen LogP contribution in [-0.4, -0.2) is 22.1 Å². The van der Waals surface area contributed by atoms with Crippen LogP contribution in [0, 0.1) is 13.8 Å². The highest BCUT2D eigenvalue weighted by Crippen LogP contribution is 2.14. The van der Waals surface area contributed by atoms with Gasteiger partial charge in [-0.3, -0.25) is 4.79 Å². The molecule has 0 bridgehead atoms. The lowest BCUT2D eigenvalue weighted by molar-refractivity contribution is 0.0994. The Labute approximate surface area is 81.0 Å². The second-order valence-corrected chi connectivity index (χ2v) is 3.41. The minimum atomic E-state index is -0.502. The number of carbonyl (C=O) groups excluding carboxylic acids is 1. The van der Waals surface area contributed by atoms with Gasteiger partial charge in [0.25, 0.3) is 5.91 Å². The fraction of sp³-hybridized carbons (Fsp3) is 0.375. The molecule has 0 aromatic carbocycles. The molecule has 70 valence electrons. The molecular weight excluding hydrogens is 186 g/mol. The number of aromatic nitrogens is 2. The number of rotatable bonds is 2. The van der Waals surface area contributed by atoms with Gasteiger partial charge in [-0.05, 0) is 20.1 Å². The van der Waals surface area contributed by atoms with Gasteiger partial charge in [-0.15, -0.1) is 0 Å². The van der Waals surface area contributed by atoms with E-state index in [2.05, 4.69) is 9.97 Å².